The van der Waals surface area contributed by atoms with Gasteiger partial charge in [-0.3, -0.25) is 32.3 Å². The van der Waals surface area contributed by atoms with Crippen LogP contribution in [0, 0.1) is 27.1 Å². The molecule has 8 atom stereocenters. The van der Waals surface area contributed by atoms with Crippen LogP contribution in [0.4, 0.5) is 11.4 Å². The van der Waals surface area contributed by atoms with Gasteiger partial charge in [0.1, 0.15) is 36.6 Å². The van der Waals surface area contributed by atoms with Gasteiger partial charge in [-0.05, 0) is 61.4 Å². The predicted octanol–water partition coefficient (Wildman–Crippen LogP) is -4.87. The number of benzene rings is 2. The fraction of sp³-hybridized carbons (Fsp3) is 0.538. The molecule has 0 unspecified atom stereocenters. The van der Waals surface area contributed by atoms with E-state index in [1.807, 2.05) is 0 Å². The van der Waals surface area contributed by atoms with Crippen molar-refractivity contribution in [3.63, 3.8) is 0 Å². The topological polar surface area (TPSA) is 525 Å². The summed E-state index contributed by atoms with van der Waals surface area (Å²) in [5.41, 5.74) is 0.308. The first kappa shape index (κ1) is 66.0. The van der Waals surface area contributed by atoms with Crippen molar-refractivity contribution in [3.8, 4) is 0 Å². The second-order valence-corrected chi connectivity index (χ2v) is 15.3. The highest BCUT2D eigenvalue weighted by Crippen LogP contribution is 2.15. The number of anilines is 2. The minimum Gasteiger partial charge on any atom is -0.479 e. The van der Waals surface area contributed by atoms with Gasteiger partial charge in [0.2, 0.25) is 0 Å². The van der Waals surface area contributed by atoms with Crippen LogP contribution < -0.4 is 31.9 Å². The lowest BCUT2D eigenvalue weighted by molar-refractivity contribution is -0.164. The minimum absolute atomic E-state index is 0.00148. The number of carboxylic acids is 2. The Balaban J connectivity index is 0. The number of hydrogen-bond acceptors (Lipinski definition) is 20. The smallest absolute Gasteiger partial charge is 0.335 e. The van der Waals surface area contributed by atoms with E-state index in [1.54, 1.807) is 48.5 Å². The molecule has 26 N–H and O–H groups in total. The largest absolute Gasteiger partial charge is 0.479 e. The monoisotopic (exact) mass is 1030 g/mol. The minimum atomic E-state index is -2.20. The van der Waals surface area contributed by atoms with Crippen molar-refractivity contribution in [2.24, 2.45) is 5.41 Å². The SMILES string of the molecule is N=C(NCCCCCCNC(=N)NC(=N)Nc1ccc(Cl)cc1)NC(=N)Nc1ccc(Cl)cc1.O=C(O)[C@H](O)[C@@H](O)[C@H](O)[C@H](O)CO.O=C(O)[C@H](O)[C@@H](O)[C@H](O)[C@H](O)CO.OCC(CO)(CO)CO. The Hall–Kier alpha value is -5.12. The van der Waals surface area contributed by atoms with Crippen LogP contribution in [0.1, 0.15) is 25.7 Å². The maximum Gasteiger partial charge on any atom is 0.335 e. The quantitative estimate of drug-likeness (QED) is 0.0282. The third-order valence-corrected chi connectivity index (χ3v) is 9.30. The molecule has 0 aliphatic rings. The number of aliphatic hydroxyl groups excluding tert-OH is 14. The molecular formula is C39H66Cl2N10O18. The van der Waals surface area contributed by atoms with Gasteiger partial charge >= 0.3 is 11.9 Å². The van der Waals surface area contributed by atoms with E-state index in [4.69, 9.17) is 127 Å². The first-order chi connectivity index (χ1) is 32.4. The van der Waals surface area contributed by atoms with Crippen LogP contribution in [-0.4, -0.2) is 219 Å². The van der Waals surface area contributed by atoms with Crippen molar-refractivity contribution in [1.82, 2.24) is 21.3 Å². The zero-order valence-corrected chi connectivity index (χ0v) is 38.5. The molecule has 0 fully saturated rings. The van der Waals surface area contributed by atoms with Crippen LogP contribution in [0.15, 0.2) is 48.5 Å². The van der Waals surface area contributed by atoms with E-state index >= 15 is 0 Å². The Kier molecular flexibility index (Phi) is 35.2. The van der Waals surface area contributed by atoms with Gasteiger partial charge in [0.05, 0.1) is 45.1 Å². The number of carboxylic acid groups (broad SMARTS) is 2. The molecule has 0 bridgehead atoms. The summed E-state index contributed by atoms with van der Waals surface area (Å²) in [4.78, 5) is 20.2. The van der Waals surface area contributed by atoms with Gasteiger partial charge < -0.3 is 103 Å². The van der Waals surface area contributed by atoms with Crippen molar-refractivity contribution in [1.29, 1.82) is 21.6 Å². The summed E-state index contributed by atoms with van der Waals surface area (Å²) >= 11 is 11.7. The van der Waals surface area contributed by atoms with E-state index in [-0.39, 0.29) is 23.8 Å². The number of nitrogens with one attached hydrogen (secondary N) is 10. The Bertz CT molecular complexity index is 1660. The van der Waals surface area contributed by atoms with E-state index < -0.39 is 106 Å². The number of rotatable bonds is 23. The summed E-state index contributed by atoms with van der Waals surface area (Å²) in [6.07, 6.45) is -12.0. The highest BCUT2D eigenvalue weighted by molar-refractivity contribution is 6.31. The van der Waals surface area contributed by atoms with Crippen LogP contribution in [-0.2, 0) is 9.59 Å². The standard InChI is InChI=1S/C22H30Cl2N10.2C6H12O7.C5H12O4/c23-15-5-9-17(10-6-15)31-21(27)33-19(25)29-13-3-1-2-4-14-30-20(26)34-22(28)32-18-11-7-16(24)8-12-18;2*7-1-2(8)3(9)4(10)5(11)6(12)13;6-1-5(2-7,3-8)4-9/h5-12H,1-4,13-14H2,(H5,25,27,29,31,33)(H5,26,28,30,32,34);2*2-5,7-11H,1H2,(H,12,13);6-9H,1-4H2/t;2*2-,3-,4+,5-;/m.11./s1. The summed E-state index contributed by atoms with van der Waals surface area (Å²) in [7, 11) is 0. The van der Waals surface area contributed by atoms with Crippen LogP contribution in [0.2, 0.25) is 10.0 Å². The average Bonchev–Trinajstić information content (AvgIpc) is 3.33. The Morgan fingerprint density at radius 2 is 0.768 bits per heavy atom. The number of aliphatic carboxylic acids is 2. The molecule has 0 aromatic heterocycles. The Labute approximate surface area is 405 Å². The number of guanidine groups is 4. The van der Waals surface area contributed by atoms with Crippen molar-refractivity contribution in [3.05, 3.63) is 58.6 Å². The van der Waals surface area contributed by atoms with Crippen LogP contribution in [0.3, 0.4) is 0 Å². The zero-order valence-electron chi connectivity index (χ0n) is 37.0. The number of aliphatic hydroxyl groups is 14. The molecule has 2 aromatic carbocycles. The maximum absolute atomic E-state index is 10.1. The van der Waals surface area contributed by atoms with E-state index in [0.717, 1.165) is 25.7 Å². The van der Waals surface area contributed by atoms with Gasteiger partial charge in [-0.1, -0.05) is 36.0 Å². The van der Waals surface area contributed by atoms with Gasteiger partial charge in [0.25, 0.3) is 0 Å². The lowest BCUT2D eigenvalue weighted by atomic mass is 9.93. The fourth-order valence-corrected chi connectivity index (χ4v) is 4.68. The van der Waals surface area contributed by atoms with Crippen LogP contribution in [0.25, 0.3) is 0 Å². The maximum atomic E-state index is 10.1. The molecule has 0 saturated carbocycles. The van der Waals surface area contributed by atoms with Gasteiger partial charge in [0.15, 0.2) is 36.0 Å². The first-order valence-corrected chi connectivity index (χ1v) is 21.1. The van der Waals surface area contributed by atoms with Crippen LogP contribution in [0.5, 0.6) is 0 Å². The molecule has 2 aromatic rings. The molecule has 2 rings (SSSR count). The highest BCUT2D eigenvalue weighted by Gasteiger charge is 2.35. The molecule has 28 nitrogen and oxygen atoms in total. The number of carbonyl (C=O) groups is 2. The normalized spacial score (nSPS) is 14.2. The third kappa shape index (κ3) is 28.8. The lowest BCUT2D eigenvalue weighted by Crippen LogP contribution is -2.48. The molecular weight excluding hydrogens is 967 g/mol. The van der Waals surface area contributed by atoms with Crippen molar-refractivity contribution in [2.75, 3.05) is 63.4 Å². The Morgan fingerprint density at radius 1 is 0.478 bits per heavy atom. The van der Waals surface area contributed by atoms with Crippen molar-refractivity contribution < 1.29 is 91.3 Å². The van der Waals surface area contributed by atoms with E-state index in [0.29, 0.717) is 34.5 Å². The summed E-state index contributed by atoms with van der Waals surface area (Å²) in [5.74, 6) is -3.34. The summed E-state index contributed by atoms with van der Waals surface area (Å²) in [5, 5.41) is 187. The average molecular weight is 1030 g/mol. The molecule has 0 aliphatic heterocycles. The Morgan fingerprint density at radius 3 is 1.00 bits per heavy atom. The molecule has 30 heteroatoms. The predicted molar refractivity (Wildman–Crippen MR) is 250 cm³/mol. The van der Waals surface area contributed by atoms with Gasteiger partial charge in [-0.2, -0.15) is 0 Å². The highest BCUT2D eigenvalue weighted by atomic mass is 35.5. The molecule has 69 heavy (non-hydrogen) atoms. The fourth-order valence-electron chi connectivity index (χ4n) is 4.42. The summed E-state index contributed by atoms with van der Waals surface area (Å²) < 4.78 is 0. The molecule has 0 heterocycles. The molecule has 0 spiro atoms. The van der Waals surface area contributed by atoms with Gasteiger partial charge in [-0.25, -0.2) is 9.59 Å². The van der Waals surface area contributed by atoms with E-state index in [1.165, 1.54) is 0 Å². The van der Waals surface area contributed by atoms with Gasteiger partial charge in [0, 0.05) is 34.5 Å². The molecule has 394 valence electrons. The number of hydrogen-bond donors (Lipinski definition) is 26. The van der Waals surface area contributed by atoms with E-state index in [9.17, 15) is 9.59 Å². The number of halogens is 2. The zero-order chi connectivity index (χ0) is 53.3. The second-order valence-electron chi connectivity index (χ2n) is 14.4. The van der Waals surface area contributed by atoms with Crippen LogP contribution >= 0.6 is 23.2 Å². The van der Waals surface area contributed by atoms with Crippen molar-refractivity contribution >= 4 is 70.4 Å². The van der Waals surface area contributed by atoms with Crippen molar-refractivity contribution in [2.45, 2.75) is 74.5 Å². The number of unbranched alkanes of at least 4 members (excludes halogenated alkanes) is 3. The van der Waals surface area contributed by atoms with Gasteiger partial charge in [-0.15, -0.1) is 0 Å². The summed E-state index contributed by atoms with van der Waals surface area (Å²) in [6.45, 7) is -2.06. The molecule has 0 saturated heterocycles. The molecule has 0 radical (unpaired) electrons. The summed E-state index contributed by atoms with van der Waals surface area (Å²) in [6, 6.07) is 13.9. The van der Waals surface area contributed by atoms with E-state index in [2.05, 4.69) is 31.9 Å². The molecule has 0 aliphatic carbocycles. The lowest BCUT2D eigenvalue weighted by Gasteiger charge is -2.23. The molecule has 0 amide bonds. The first-order valence-electron chi connectivity index (χ1n) is 20.4. The third-order valence-electron chi connectivity index (χ3n) is 8.79. The second kappa shape index (κ2) is 36.8.